The van der Waals surface area contributed by atoms with Gasteiger partial charge in [-0.15, -0.1) is 6.42 Å². The van der Waals surface area contributed by atoms with Gasteiger partial charge in [-0.05, 0) is 75.1 Å². The first-order valence-corrected chi connectivity index (χ1v) is 12.6. The summed E-state index contributed by atoms with van der Waals surface area (Å²) in [7, 11) is 7.26. The molecule has 1 aromatic heterocycles. The summed E-state index contributed by atoms with van der Waals surface area (Å²) in [5.41, 5.74) is 0.809. The van der Waals surface area contributed by atoms with E-state index < -0.39 is 17.8 Å². The van der Waals surface area contributed by atoms with Crippen LogP contribution in [0.5, 0.6) is 5.75 Å². The Balaban J connectivity index is 1.84. The molecular weight excluding hydrogens is 535 g/mol. The summed E-state index contributed by atoms with van der Waals surface area (Å²) >= 11 is 5.95. The Morgan fingerprint density at radius 3 is 2.55 bits per heavy atom. The molecule has 0 unspecified atom stereocenters. The number of carbonyl (C=O) groups excluding carboxylic acids is 2. The summed E-state index contributed by atoms with van der Waals surface area (Å²) in [6.45, 7) is 1.67. The Morgan fingerprint density at radius 1 is 1.15 bits per heavy atom. The number of hydrazone groups is 1. The number of carbonyl (C=O) groups is 2. The summed E-state index contributed by atoms with van der Waals surface area (Å²) in [5, 5.41) is 8.84. The van der Waals surface area contributed by atoms with E-state index in [-0.39, 0.29) is 17.1 Å². The van der Waals surface area contributed by atoms with Crippen LogP contribution in [0.1, 0.15) is 27.9 Å². The minimum Gasteiger partial charge on any atom is -0.497 e. The zero-order valence-electron chi connectivity index (χ0n) is 22.7. The molecular formula is C29H30ClFN6O3. The molecule has 3 aromatic rings. The number of aromatic nitrogens is 1. The van der Waals surface area contributed by atoms with Crippen LogP contribution in [0.4, 0.5) is 20.7 Å². The number of terminal acetylenes is 1. The van der Waals surface area contributed by atoms with Crippen LogP contribution >= 0.6 is 11.6 Å². The maximum atomic E-state index is 15.0. The second-order valence-corrected chi connectivity index (χ2v) is 9.46. The number of pyridine rings is 1. The van der Waals surface area contributed by atoms with Crippen molar-refractivity contribution in [3.05, 3.63) is 82.3 Å². The van der Waals surface area contributed by atoms with Gasteiger partial charge in [0.1, 0.15) is 17.4 Å². The number of imide groups is 1. The summed E-state index contributed by atoms with van der Waals surface area (Å²) in [6.07, 6.45) is 9.26. The molecule has 0 saturated heterocycles. The van der Waals surface area contributed by atoms with Gasteiger partial charge in [-0.2, -0.15) is 5.10 Å². The predicted octanol–water partition coefficient (Wildman–Crippen LogP) is 4.96. The lowest BCUT2D eigenvalue weighted by atomic mass is 10.1. The van der Waals surface area contributed by atoms with Gasteiger partial charge in [0.05, 0.1) is 24.0 Å². The zero-order chi connectivity index (χ0) is 29.2. The van der Waals surface area contributed by atoms with Crippen molar-refractivity contribution in [1.82, 2.24) is 14.9 Å². The van der Waals surface area contributed by atoms with E-state index in [4.69, 9.17) is 22.8 Å². The number of anilines is 2. The van der Waals surface area contributed by atoms with Gasteiger partial charge in [-0.1, -0.05) is 23.6 Å². The SMILES string of the molecule is C#Cc1cc(OC)cc(C(=O)N(C(=O)Nc2ccc(C=NN(C)CCCN(C)C)cc2F)c2ccc(Cl)cn2)c1. The molecule has 3 rings (SSSR count). The van der Waals surface area contributed by atoms with Gasteiger partial charge < -0.3 is 20.0 Å². The number of nitrogens with zero attached hydrogens (tertiary/aromatic N) is 5. The Morgan fingerprint density at radius 2 is 1.93 bits per heavy atom. The van der Waals surface area contributed by atoms with Crippen LogP contribution in [0.3, 0.4) is 0 Å². The van der Waals surface area contributed by atoms with Gasteiger partial charge in [0.15, 0.2) is 0 Å². The number of ether oxygens (including phenoxy) is 1. The number of halogens is 2. The largest absolute Gasteiger partial charge is 0.497 e. The highest BCUT2D eigenvalue weighted by molar-refractivity contribution is 6.30. The van der Waals surface area contributed by atoms with Crippen molar-refractivity contribution in [2.75, 3.05) is 51.6 Å². The number of hydrogen-bond acceptors (Lipinski definition) is 7. The maximum Gasteiger partial charge on any atom is 0.334 e. The first-order valence-electron chi connectivity index (χ1n) is 12.2. The number of rotatable bonds is 10. The molecule has 0 atom stereocenters. The Labute approximate surface area is 238 Å². The molecule has 40 heavy (non-hydrogen) atoms. The normalized spacial score (nSPS) is 10.8. The molecule has 3 amide bonds. The van der Waals surface area contributed by atoms with Crippen molar-refractivity contribution in [2.24, 2.45) is 5.10 Å². The third kappa shape index (κ3) is 8.27. The highest BCUT2D eigenvalue weighted by Crippen LogP contribution is 2.23. The number of urea groups is 1. The quantitative estimate of drug-likeness (QED) is 0.213. The van der Waals surface area contributed by atoms with E-state index in [0.29, 0.717) is 21.9 Å². The average Bonchev–Trinajstić information content (AvgIpc) is 2.93. The molecule has 0 aliphatic heterocycles. The van der Waals surface area contributed by atoms with Crippen molar-refractivity contribution < 1.29 is 18.7 Å². The van der Waals surface area contributed by atoms with Crippen LogP contribution in [0.25, 0.3) is 0 Å². The predicted molar refractivity (Wildman–Crippen MR) is 156 cm³/mol. The fraction of sp³-hybridized carbons (Fsp3) is 0.241. The fourth-order valence-corrected chi connectivity index (χ4v) is 3.69. The van der Waals surface area contributed by atoms with Crippen LogP contribution in [-0.2, 0) is 0 Å². The summed E-state index contributed by atoms with van der Waals surface area (Å²) in [6, 6.07) is 10.6. The third-order valence-corrected chi connectivity index (χ3v) is 5.85. The van der Waals surface area contributed by atoms with Crippen molar-refractivity contribution in [2.45, 2.75) is 6.42 Å². The number of nitrogens with one attached hydrogen (secondary N) is 1. The van der Waals surface area contributed by atoms with Crippen molar-refractivity contribution in [3.8, 4) is 18.1 Å². The third-order valence-electron chi connectivity index (χ3n) is 5.63. The fourth-order valence-electron chi connectivity index (χ4n) is 3.58. The standard InChI is InChI=1S/C29H30ClFN6O3/c1-6-20-14-22(17-24(15-20)40-5)28(38)37(27-11-9-23(30)19-32-27)29(39)34-26-10-8-21(16-25(26)31)18-33-36(4)13-7-12-35(2)3/h1,8-11,14-19H,7,12-13H2,2-5H3,(H,34,39). The van der Waals surface area contributed by atoms with Crippen molar-refractivity contribution >= 4 is 41.3 Å². The number of hydrogen-bond donors (Lipinski definition) is 1. The highest BCUT2D eigenvalue weighted by atomic mass is 35.5. The topological polar surface area (TPSA) is 90.4 Å². The first-order chi connectivity index (χ1) is 19.1. The first kappa shape index (κ1) is 30.1. The monoisotopic (exact) mass is 564 g/mol. The summed E-state index contributed by atoms with van der Waals surface area (Å²) < 4.78 is 20.2. The lowest BCUT2D eigenvalue weighted by Crippen LogP contribution is -2.41. The van der Waals surface area contributed by atoms with Crippen molar-refractivity contribution in [1.29, 1.82) is 0 Å². The summed E-state index contributed by atoms with van der Waals surface area (Å²) in [5.74, 6) is 1.28. The second-order valence-electron chi connectivity index (χ2n) is 9.02. The maximum absolute atomic E-state index is 15.0. The van der Waals surface area contributed by atoms with Gasteiger partial charge in [-0.3, -0.25) is 4.79 Å². The van der Waals surface area contributed by atoms with Gasteiger partial charge in [-0.25, -0.2) is 19.1 Å². The van der Waals surface area contributed by atoms with Crippen LogP contribution < -0.4 is 15.0 Å². The van der Waals surface area contributed by atoms with Gasteiger partial charge >= 0.3 is 6.03 Å². The number of methoxy groups -OCH3 is 1. The van der Waals surface area contributed by atoms with E-state index in [2.05, 4.69) is 26.2 Å². The molecule has 0 spiro atoms. The minimum absolute atomic E-state index is 0.0292. The Bertz CT molecular complexity index is 1420. The summed E-state index contributed by atoms with van der Waals surface area (Å²) in [4.78, 5) is 33.9. The average molecular weight is 565 g/mol. The molecule has 0 aliphatic rings. The van der Waals surface area contributed by atoms with E-state index in [1.54, 1.807) is 17.1 Å². The minimum atomic E-state index is -0.939. The van der Waals surface area contributed by atoms with E-state index in [1.807, 2.05) is 21.1 Å². The van der Waals surface area contributed by atoms with E-state index in [0.717, 1.165) is 24.4 Å². The smallest absolute Gasteiger partial charge is 0.334 e. The van der Waals surface area contributed by atoms with E-state index in [9.17, 15) is 14.0 Å². The van der Waals surface area contributed by atoms with Crippen LogP contribution in [0, 0.1) is 18.2 Å². The van der Waals surface area contributed by atoms with Crippen LogP contribution in [0.15, 0.2) is 59.8 Å². The number of amides is 3. The molecule has 0 aliphatic carbocycles. The van der Waals surface area contributed by atoms with Gasteiger partial charge in [0.25, 0.3) is 5.91 Å². The zero-order valence-corrected chi connectivity index (χ0v) is 23.4. The van der Waals surface area contributed by atoms with Crippen molar-refractivity contribution in [3.63, 3.8) is 0 Å². The van der Waals surface area contributed by atoms with E-state index >= 15 is 0 Å². The molecule has 0 saturated carbocycles. The Hall–Kier alpha value is -4.46. The molecule has 1 N–H and O–H groups in total. The molecule has 1 heterocycles. The molecule has 0 radical (unpaired) electrons. The van der Waals surface area contributed by atoms with Crippen LogP contribution in [-0.4, -0.2) is 74.4 Å². The van der Waals surface area contributed by atoms with E-state index in [1.165, 1.54) is 55.9 Å². The molecule has 9 nitrogen and oxygen atoms in total. The van der Waals surface area contributed by atoms with Crippen LogP contribution in [0.2, 0.25) is 5.02 Å². The lowest BCUT2D eigenvalue weighted by molar-refractivity contribution is 0.0994. The molecule has 0 fully saturated rings. The van der Waals surface area contributed by atoms with Gasteiger partial charge in [0.2, 0.25) is 0 Å². The second kappa shape index (κ2) is 14.1. The lowest BCUT2D eigenvalue weighted by Gasteiger charge is -2.21. The molecule has 0 bridgehead atoms. The highest BCUT2D eigenvalue weighted by Gasteiger charge is 2.27. The molecule has 208 valence electrons. The Kier molecular flexibility index (Phi) is 10.6. The molecule has 2 aromatic carbocycles. The van der Waals surface area contributed by atoms with Gasteiger partial charge in [0, 0.05) is 30.9 Å². The number of benzene rings is 2. The molecule has 11 heteroatoms.